The van der Waals surface area contributed by atoms with Crippen LogP contribution in [-0.2, 0) is 21.3 Å². The molecule has 0 bridgehead atoms. The Hall–Kier alpha value is -1.62. The van der Waals surface area contributed by atoms with Crippen LogP contribution in [-0.4, -0.2) is 26.2 Å². The highest BCUT2D eigenvalue weighted by Crippen LogP contribution is 2.24. The Morgan fingerprint density at radius 2 is 1.52 bits per heavy atom. The molecule has 0 spiro atoms. The van der Waals surface area contributed by atoms with Crippen LogP contribution in [0.25, 0.3) is 10.9 Å². The first kappa shape index (κ1) is 25.6. The summed E-state index contributed by atoms with van der Waals surface area (Å²) in [4.78, 5) is 12.6. The maximum absolute atomic E-state index is 12.7. The smallest absolute Gasteiger partial charge is 0.419 e. The van der Waals surface area contributed by atoms with Crippen molar-refractivity contribution in [1.29, 1.82) is 0 Å². The van der Waals surface area contributed by atoms with Gasteiger partial charge in [-0.1, -0.05) is 82.9 Å². The molecule has 1 unspecified atom stereocenters. The van der Waals surface area contributed by atoms with E-state index in [1.54, 1.807) is 10.8 Å². The zero-order chi connectivity index (χ0) is 22.7. The van der Waals surface area contributed by atoms with Crippen molar-refractivity contribution in [3.05, 3.63) is 36.0 Å². The van der Waals surface area contributed by atoms with Gasteiger partial charge in [0.25, 0.3) is 0 Å². The molecule has 0 radical (unpaired) electrons. The Kier molecular flexibility index (Phi) is 10.8. The normalized spacial score (nSPS) is 12.9. The van der Waals surface area contributed by atoms with Crippen LogP contribution in [0.1, 0.15) is 97.5 Å². The molecule has 0 amide bonds. The molecule has 1 atom stereocenters. The van der Waals surface area contributed by atoms with Gasteiger partial charge in [0.2, 0.25) is 0 Å². The molecule has 0 saturated carbocycles. The number of hydrogen-bond acceptors (Lipinski definition) is 3. The van der Waals surface area contributed by atoms with Gasteiger partial charge in [-0.2, -0.15) is 0 Å². The monoisotopic (exact) mass is 447 g/mol. The highest BCUT2D eigenvalue weighted by atomic mass is 32.2. The minimum atomic E-state index is -0.924. The zero-order valence-corrected chi connectivity index (χ0v) is 20.8. The summed E-state index contributed by atoms with van der Waals surface area (Å²) in [6.45, 7) is 7.83. The Labute approximate surface area is 191 Å². The van der Waals surface area contributed by atoms with Crippen LogP contribution in [0.5, 0.6) is 0 Å². The SMILES string of the molecule is CCCCCCCCCCCCS(=O)Cc1cn(C(=O)OC(C)(C)C)c2ccccc12. The van der Waals surface area contributed by atoms with Crippen molar-refractivity contribution in [2.24, 2.45) is 0 Å². The predicted molar refractivity (Wildman–Crippen MR) is 132 cm³/mol. The molecular formula is C26H41NO3S. The Balaban J connectivity index is 1.80. The van der Waals surface area contributed by atoms with E-state index < -0.39 is 22.5 Å². The first-order valence-electron chi connectivity index (χ1n) is 12.0. The lowest BCUT2D eigenvalue weighted by Crippen LogP contribution is -2.26. The number of rotatable bonds is 13. The molecule has 0 aliphatic heterocycles. The predicted octanol–water partition coefficient (Wildman–Crippen LogP) is 7.59. The van der Waals surface area contributed by atoms with Gasteiger partial charge in [0.05, 0.1) is 11.3 Å². The second-order valence-corrected chi connectivity index (χ2v) is 11.1. The second kappa shape index (κ2) is 13.0. The number of unbranched alkanes of at least 4 members (excludes halogenated alkanes) is 9. The molecule has 5 heteroatoms. The largest absolute Gasteiger partial charge is 0.443 e. The summed E-state index contributed by atoms with van der Waals surface area (Å²) >= 11 is 0. The fourth-order valence-electron chi connectivity index (χ4n) is 3.82. The van der Waals surface area contributed by atoms with Crippen LogP contribution in [0.4, 0.5) is 4.79 Å². The number of benzene rings is 1. The van der Waals surface area contributed by atoms with Crippen LogP contribution >= 0.6 is 0 Å². The number of hydrogen-bond donors (Lipinski definition) is 0. The molecule has 0 saturated heterocycles. The van der Waals surface area contributed by atoms with E-state index in [1.165, 1.54) is 51.4 Å². The summed E-state index contributed by atoms with van der Waals surface area (Å²) in [5, 5.41) is 0.977. The number of fused-ring (bicyclic) bond motifs is 1. The maximum Gasteiger partial charge on any atom is 0.419 e. The van der Waals surface area contributed by atoms with E-state index in [-0.39, 0.29) is 0 Å². The van der Waals surface area contributed by atoms with Crippen molar-refractivity contribution in [3.8, 4) is 0 Å². The van der Waals surface area contributed by atoms with Gasteiger partial charge < -0.3 is 4.74 Å². The number of nitrogens with zero attached hydrogens (tertiary/aromatic N) is 1. The lowest BCUT2D eigenvalue weighted by molar-refractivity contribution is 0.0544. The minimum absolute atomic E-state index is 0.393. The van der Waals surface area contributed by atoms with E-state index in [0.717, 1.165) is 35.1 Å². The molecule has 0 aliphatic carbocycles. The molecule has 174 valence electrons. The number of ether oxygens (including phenoxy) is 1. The van der Waals surface area contributed by atoms with Crippen molar-refractivity contribution in [1.82, 2.24) is 4.57 Å². The number of aromatic nitrogens is 1. The second-order valence-electron chi connectivity index (χ2n) is 9.49. The molecule has 4 nitrogen and oxygen atoms in total. The van der Waals surface area contributed by atoms with Crippen LogP contribution in [0.15, 0.2) is 30.5 Å². The van der Waals surface area contributed by atoms with E-state index in [2.05, 4.69) is 6.92 Å². The summed E-state index contributed by atoms with van der Waals surface area (Å²) in [5.74, 6) is 1.20. The minimum Gasteiger partial charge on any atom is -0.443 e. The van der Waals surface area contributed by atoms with Gasteiger partial charge >= 0.3 is 6.09 Å². The average molecular weight is 448 g/mol. The third-order valence-corrected chi connectivity index (χ3v) is 6.80. The fraction of sp³-hybridized carbons (Fsp3) is 0.654. The average Bonchev–Trinajstić information content (AvgIpc) is 3.07. The van der Waals surface area contributed by atoms with E-state index in [9.17, 15) is 9.00 Å². The van der Waals surface area contributed by atoms with Gasteiger partial charge in [-0.3, -0.25) is 8.78 Å². The number of para-hydroxylation sites is 1. The van der Waals surface area contributed by atoms with Crippen LogP contribution < -0.4 is 0 Å². The van der Waals surface area contributed by atoms with Gasteiger partial charge in [0, 0.05) is 28.1 Å². The fourth-order valence-corrected chi connectivity index (χ4v) is 5.07. The summed E-state index contributed by atoms with van der Waals surface area (Å²) < 4.78 is 19.8. The van der Waals surface area contributed by atoms with Crippen LogP contribution in [0, 0.1) is 0 Å². The summed E-state index contributed by atoms with van der Waals surface area (Å²) in [7, 11) is -0.924. The van der Waals surface area contributed by atoms with E-state index in [4.69, 9.17) is 4.74 Å². The third kappa shape index (κ3) is 9.18. The number of carbonyl (C=O) groups is 1. The third-order valence-electron chi connectivity index (χ3n) is 5.43. The molecule has 0 N–H and O–H groups in total. The van der Waals surface area contributed by atoms with Crippen molar-refractivity contribution in [2.45, 2.75) is 103 Å². The highest BCUT2D eigenvalue weighted by Gasteiger charge is 2.21. The lowest BCUT2D eigenvalue weighted by Gasteiger charge is -2.19. The van der Waals surface area contributed by atoms with Gasteiger partial charge in [-0.25, -0.2) is 4.79 Å². The molecule has 1 heterocycles. The lowest BCUT2D eigenvalue weighted by atomic mass is 10.1. The first-order chi connectivity index (χ1) is 14.8. The Morgan fingerprint density at radius 1 is 0.935 bits per heavy atom. The summed E-state index contributed by atoms with van der Waals surface area (Å²) in [6.07, 6.45) is 14.2. The van der Waals surface area contributed by atoms with Crippen molar-refractivity contribution >= 4 is 27.8 Å². The Morgan fingerprint density at radius 3 is 2.13 bits per heavy atom. The highest BCUT2D eigenvalue weighted by molar-refractivity contribution is 7.84. The van der Waals surface area contributed by atoms with E-state index in [1.807, 2.05) is 45.0 Å². The van der Waals surface area contributed by atoms with Gasteiger partial charge in [0.1, 0.15) is 5.60 Å². The first-order valence-corrected chi connectivity index (χ1v) is 13.5. The van der Waals surface area contributed by atoms with E-state index in [0.29, 0.717) is 5.75 Å². The molecule has 2 rings (SSSR count). The Bertz CT molecular complexity index is 835. The molecule has 31 heavy (non-hydrogen) atoms. The molecule has 0 fully saturated rings. The topological polar surface area (TPSA) is 48.3 Å². The molecule has 2 aromatic rings. The van der Waals surface area contributed by atoms with Crippen LogP contribution in [0.3, 0.4) is 0 Å². The molecule has 1 aromatic heterocycles. The summed E-state index contributed by atoms with van der Waals surface area (Å²) in [6, 6.07) is 7.77. The van der Waals surface area contributed by atoms with Gasteiger partial charge in [-0.05, 0) is 38.8 Å². The molecule has 0 aliphatic rings. The van der Waals surface area contributed by atoms with Crippen molar-refractivity contribution in [3.63, 3.8) is 0 Å². The zero-order valence-electron chi connectivity index (χ0n) is 20.0. The van der Waals surface area contributed by atoms with E-state index >= 15 is 0 Å². The molecule has 1 aromatic carbocycles. The maximum atomic E-state index is 12.7. The summed E-state index contributed by atoms with van der Waals surface area (Å²) in [5.41, 5.74) is 1.20. The van der Waals surface area contributed by atoms with Gasteiger partial charge in [0.15, 0.2) is 0 Å². The molecular weight excluding hydrogens is 406 g/mol. The standard InChI is InChI=1S/C26H41NO3S/c1-5-6-7-8-9-10-11-12-13-16-19-31(29)21-22-20-27(25(28)30-26(2,3)4)24-18-15-14-17-23(22)24/h14-15,17-18,20H,5-13,16,19,21H2,1-4H3. The quantitative estimate of drug-likeness (QED) is 0.297. The van der Waals surface area contributed by atoms with Crippen molar-refractivity contribution < 1.29 is 13.7 Å². The number of carbonyl (C=O) groups excluding carboxylic acids is 1. The van der Waals surface area contributed by atoms with Crippen LogP contribution in [0.2, 0.25) is 0 Å². The van der Waals surface area contributed by atoms with Crippen molar-refractivity contribution in [2.75, 3.05) is 5.75 Å². The van der Waals surface area contributed by atoms with Gasteiger partial charge in [-0.15, -0.1) is 0 Å².